The van der Waals surface area contributed by atoms with Gasteiger partial charge in [-0.05, 0) is 31.2 Å². The molecule has 1 fully saturated rings. The number of ether oxygens (including phenoxy) is 2. The molecule has 0 N–H and O–H groups in total. The maximum Gasteiger partial charge on any atom is 0.267 e. The molecule has 2 amide bonds. The third kappa shape index (κ3) is 4.58. The molecule has 2 aliphatic rings. The molecule has 3 aromatic rings. The predicted molar refractivity (Wildman–Crippen MR) is 130 cm³/mol. The van der Waals surface area contributed by atoms with Crippen LogP contribution in [0.15, 0.2) is 48.5 Å². The van der Waals surface area contributed by atoms with Gasteiger partial charge in [0, 0.05) is 33.2 Å². The lowest BCUT2D eigenvalue weighted by molar-refractivity contribution is -0.143. The number of piperazine rings is 1. The second-order valence-electron chi connectivity index (χ2n) is 8.67. The van der Waals surface area contributed by atoms with E-state index in [0.29, 0.717) is 44.2 Å². The standard InChI is InChI=1S/C25H28N4O4S/c1-17(24-26-18-7-3-6-10-22(18)34-24)27(2)23(30)15-28-11-13-29(14-12-28)25(31)21-16-32-19-8-4-5-9-20(19)33-21/h3-10,17,21H,11-16H2,1-2H3/t17-,21+/m1/s1. The van der Waals surface area contributed by atoms with E-state index < -0.39 is 6.10 Å². The molecule has 2 atom stereocenters. The van der Waals surface area contributed by atoms with Gasteiger partial charge in [-0.15, -0.1) is 11.3 Å². The van der Waals surface area contributed by atoms with Gasteiger partial charge in [-0.1, -0.05) is 24.3 Å². The Morgan fingerprint density at radius 1 is 1.09 bits per heavy atom. The summed E-state index contributed by atoms with van der Waals surface area (Å²) in [6, 6.07) is 15.3. The SMILES string of the molecule is C[C@H](c1nc2ccccc2s1)N(C)C(=O)CN1CCN(C(=O)[C@@H]2COc3ccccc3O2)CC1. The van der Waals surface area contributed by atoms with Crippen LogP contribution in [0.1, 0.15) is 18.0 Å². The van der Waals surface area contributed by atoms with Crippen LogP contribution in [0, 0.1) is 0 Å². The molecular formula is C25H28N4O4S. The lowest BCUT2D eigenvalue weighted by Crippen LogP contribution is -2.55. The Bertz CT molecular complexity index is 1160. The van der Waals surface area contributed by atoms with Crippen molar-refractivity contribution < 1.29 is 19.1 Å². The summed E-state index contributed by atoms with van der Waals surface area (Å²) in [5.41, 5.74) is 0.965. The normalized spacial score (nSPS) is 19.1. The molecule has 0 spiro atoms. The predicted octanol–water partition coefficient (Wildman–Crippen LogP) is 2.80. The molecule has 178 valence electrons. The fourth-order valence-electron chi connectivity index (χ4n) is 4.22. The zero-order valence-electron chi connectivity index (χ0n) is 19.3. The largest absolute Gasteiger partial charge is 0.485 e. The molecule has 8 nitrogen and oxygen atoms in total. The average molecular weight is 481 g/mol. The Hall–Kier alpha value is -3.17. The molecule has 0 bridgehead atoms. The van der Waals surface area contributed by atoms with Crippen LogP contribution in [0.4, 0.5) is 0 Å². The third-order valence-electron chi connectivity index (χ3n) is 6.47. The van der Waals surface area contributed by atoms with Gasteiger partial charge in [-0.2, -0.15) is 0 Å². The first kappa shape index (κ1) is 22.6. The van der Waals surface area contributed by atoms with Crippen LogP contribution in [0.3, 0.4) is 0 Å². The highest BCUT2D eigenvalue weighted by molar-refractivity contribution is 7.18. The summed E-state index contributed by atoms with van der Waals surface area (Å²) in [6.45, 7) is 4.95. The molecule has 3 heterocycles. The van der Waals surface area contributed by atoms with Crippen LogP contribution in [0.5, 0.6) is 11.5 Å². The minimum Gasteiger partial charge on any atom is -0.485 e. The number of aromatic nitrogens is 1. The Morgan fingerprint density at radius 3 is 2.56 bits per heavy atom. The smallest absolute Gasteiger partial charge is 0.267 e. The number of amides is 2. The van der Waals surface area contributed by atoms with Gasteiger partial charge >= 0.3 is 0 Å². The van der Waals surface area contributed by atoms with E-state index in [0.717, 1.165) is 15.2 Å². The van der Waals surface area contributed by atoms with Gasteiger partial charge in [0.05, 0.1) is 22.8 Å². The minimum absolute atomic E-state index is 0.0483. The quantitative estimate of drug-likeness (QED) is 0.559. The summed E-state index contributed by atoms with van der Waals surface area (Å²) in [6.07, 6.45) is -0.635. The number of fused-ring (bicyclic) bond motifs is 2. The summed E-state index contributed by atoms with van der Waals surface area (Å²) in [4.78, 5) is 36.3. The number of carbonyl (C=O) groups excluding carboxylic acids is 2. The highest BCUT2D eigenvalue weighted by atomic mass is 32.1. The molecule has 5 rings (SSSR count). The van der Waals surface area contributed by atoms with Gasteiger partial charge in [-0.25, -0.2) is 4.98 Å². The minimum atomic E-state index is -0.635. The number of likely N-dealkylation sites (N-methyl/N-ethyl adjacent to an activating group) is 1. The van der Waals surface area contributed by atoms with E-state index in [2.05, 4.69) is 11.0 Å². The van der Waals surface area contributed by atoms with E-state index in [1.807, 2.05) is 56.4 Å². The fourth-order valence-corrected chi connectivity index (χ4v) is 5.29. The van der Waals surface area contributed by atoms with E-state index in [4.69, 9.17) is 14.5 Å². The third-order valence-corrected chi connectivity index (χ3v) is 7.68. The first-order valence-electron chi connectivity index (χ1n) is 11.5. The molecule has 0 radical (unpaired) electrons. The Balaban J connectivity index is 1.12. The van der Waals surface area contributed by atoms with Gasteiger partial charge in [0.2, 0.25) is 12.0 Å². The zero-order chi connectivity index (χ0) is 23.7. The highest BCUT2D eigenvalue weighted by Crippen LogP contribution is 2.31. The second kappa shape index (κ2) is 9.60. The Morgan fingerprint density at radius 2 is 1.79 bits per heavy atom. The number of para-hydroxylation sites is 3. The molecule has 34 heavy (non-hydrogen) atoms. The van der Waals surface area contributed by atoms with Gasteiger partial charge in [0.1, 0.15) is 11.6 Å². The Labute approximate surface area is 202 Å². The van der Waals surface area contributed by atoms with Crippen molar-refractivity contribution in [2.45, 2.75) is 19.1 Å². The second-order valence-corrected chi connectivity index (χ2v) is 9.73. The molecule has 9 heteroatoms. The molecular weight excluding hydrogens is 452 g/mol. The van der Waals surface area contributed by atoms with Crippen LogP contribution in [-0.2, 0) is 9.59 Å². The molecule has 2 aromatic carbocycles. The lowest BCUT2D eigenvalue weighted by Gasteiger charge is -2.37. The molecule has 1 saturated heterocycles. The van der Waals surface area contributed by atoms with Crippen LogP contribution in [-0.4, -0.2) is 84.0 Å². The van der Waals surface area contributed by atoms with Gasteiger partial charge in [-0.3, -0.25) is 14.5 Å². The summed E-state index contributed by atoms with van der Waals surface area (Å²) in [5.74, 6) is 1.25. The summed E-state index contributed by atoms with van der Waals surface area (Å²) in [5, 5.41) is 0.934. The average Bonchev–Trinajstić information content (AvgIpc) is 3.32. The van der Waals surface area contributed by atoms with Crippen LogP contribution in [0.25, 0.3) is 10.2 Å². The first-order valence-corrected chi connectivity index (χ1v) is 12.3. The number of carbonyl (C=O) groups is 2. The number of rotatable bonds is 5. The summed E-state index contributed by atoms with van der Waals surface area (Å²) in [7, 11) is 1.83. The topological polar surface area (TPSA) is 75.2 Å². The van der Waals surface area contributed by atoms with E-state index in [9.17, 15) is 9.59 Å². The van der Waals surface area contributed by atoms with Crippen molar-refractivity contribution in [2.75, 3.05) is 46.4 Å². The van der Waals surface area contributed by atoms with E-state index in [1.165, 1.54) is 0 Å². The van der Waals surface area contributed by atoms with Crippen molar-refractivity contribution in [2.24, 2.45) is 0 Å². The molecule has 0 unspecified atom stereocenters. The van der Waals surface area contributed by atoms with Crippen LogP contribution < -0.4 is 9.47 Å². The van der Waals surface area contributed by atoms with E-state index in [1.54, 1.807) is 21.1 Å². The molecule has 0 saturated carbocycles. The van der Waals surface area contributed by atoms with Crippen molar-refractivity contribution in [3.8, 4) is 11.5 Å². The number of nitrogens with zero attached hydrogens (tertiary/aromatic N) is 4. The van der Waals surface area contributed by atoms with Gasteiger partial charge < -0.3 is 19.3 Å². The van der Waals surface area contributed by atoms with E-state index >= 15 is 0 Å². The van der Waals surface area contributed by atoms with Crippen molar-refractivity contribution in [3.63, 3.8) is 0 Å². The van der Waals surface area contributed by atoms with Crippen LogP contribution in [0.2, 0.25) is 0 Å². The van der Waals surface area contributed by atoms with Crippen molar-refractivity contribution >= 4 is 33.4 Å². The van der Waals surface area contributed by atoms with Crippen molar-refractivity contribution in [1.82, 2.24) is 19.7 Å². The molecule has 1 aromatic heterocycles. The number of thiazole rings is 1. The summed E-state index contributed by atoms with van der Waals surface area (Å²) < 4.78 is 12.7. The molecule has 2 aliphatic heterocycles. The molecule has 0 aliphatic carbocycles. The fraction of sp³-hybridized carbons (Fsp3) is 0.400. The zero-order valence-corrected chi connectivity index (χ0v) is 20.2. The van der Waals surface area contributed by atoms with Crippen molar-refractivity contribution in [1.29, 1.82) is 0 Å². The van der Waals surface area contributed by atoms with E-state index in [-0.39, 0.29) is 24.5 Å². The highest BCUT2D eigenvalue weighted by Gasteiger charge is 2.33. The van der Waals surface area contributed by atoms with Crippen molar-refractivity contribution in [3.05, 3.63) is 53.5 Å². The maximum atomic E-state index is 13.0. The maximum absolute atomic E-state index is 13.0. The number of hydrogen-bond acceptors (Lipinski definition) is 7. The first-order chi connectivity index (χ1) is 16.5. The number of hydrogen-bond donors (Lipinski definition) is 0. The van der Waals surface area contributed by atoms with Crippen LogP contribution >= 0.6 is 11.3 Å². The van der Waals surface area contributed by atoms with Gasteiger partial charge in [0.25, 0.3) is 5.91 Å². The monoisotopic (exact) mass is 480 g/mol. The van der Waals surface area contributed by atoms with Gasteiger partial charge in [0.15, 0.2) is 11.5 Å². The number of benzene rings is 2. The summed E-state index contributed by atoms with van der Waals surface area (Å²) >= 11 is 1.63. The Kier molecular flexibility index (Phi) is 6.38. The lowest BCUT2D eigenvalue weighted by atomic mass is 10.2.